The van der Waals surface area contributed by atoms with Crippen molar-refractivity contribution >= 4 is 27.4 Å². The molecule has 3 aromatic heterocycles. The molecule has 5 nitrogen and oxygen atoms in total. The van der Waals surface area contributed by atoms with Gasteiger partial charge in [-0.3, -0.25) is 0 Å². The molecule has 2 N–H and O–H groups in total. The number of anilines is 1. The van der Waals surface area contributed by atoms with Gasteiger partial charge in [0, 0.05) is 17.3 Å². The fourth-order valence-corrected chi connectivity index (χ4v) is 2.47. The lowest BCUT2D eigenvalue weighted by atomic mass is 10.3. The highest BCUT2D eigenvalue weighted by Crippen LogP contribution is 2.28. The van der Waals surface area contributed by atoms with E-state index in [1.54, 1.807) is 29.8 Å². The highest BCUT2D eigenvalue weighted by atomic mass is 32.1. The van der Waals surface area contributed by atoms with Crippen LogP contribution in [0.2, 0.25) is 0 Å². The largest absolute Gasteiger partial charge is 0.383 e. The highest BCUT2D eigenvalue weighted by molar-refractivity contribution is 7.18. The van der Waals surface area contributed by atoms with Crippen molar-refractivity contribution in [3.05, 3.63) is 29.4 Å². The van der Waals surface area contributed by atoms with Crippen molar-refractivity contribution in [2.24, 2.45) is 0 Å². The van der Waals surface area contributed by atoms with Crippen LogP contribution >= 0.6 is 11.3 Å². The second kappa shape index (κ2) is 3.74. The minimum absolute atomic E-state index is 0.470. The Morgan fingerprint density at radius 3 is 2.65 bits per heavy atom. The minimum Gasteiger partial charge on any atom is -0.383 e. The van der Waals surface area contributed by atoms with Gasteiger partial charge in [-0.15, -0.1) is 11.3 Å². The number of hydrogen-bond acceptors (Lipinski definition) is 6. The zero-order valence-electron chi connectivity index (χ0n) is 9.08. The topological polar surface area (TPSA) is 77.6 Å². The van der Waals surface area contributed by atoms with E-state index in [4.69, 9.17) is 5.73 Å². The van der Waals surface area contributed by atoms with Crippen LogP contribution in [0, 0.1) is 6.92 Å². The molecule has 0 bridgehead atoms. The number of aryl methyl sites for hydroxylation is 1. The minimum atomic E-state index is 0.470. The van der Waals surface area contributed by atoms with Crippen LogP contribution in [0.4, 0.5) is 5.82 Å². The molecule has 0 unspecified atom stereocenters. The molecule has 0 aliphatic heterocycles. The molecule has 0 aliphatic rings. The molecule has 84 valence electrons. The zero-order valence-corrected chi connectivity index (χ0v) is 9.90. The first kappa shape index (κ1) is 10.1. The number of fused-ring (bicyclic) bond motifs is 1. The average Bonchev–Trinajstić information content (AvgIpc) is 2.71. The van der Waals surface area contributed by atoms with Crippen molar-refractivity contribution in [1.82, 2.24) is 19.9 Å². The van der Waals surface area contributed by atoms with Gasteiger partial charge in [-0.1, -0.05) is 0 Å². The van der Waals surface area contributed by atoms with Gasteiger partial charge in [0.05, 0.1) is 5.39 Å². The number of rotatable bonds is 1. The Balaban J connectivity index is 2.25. The number of hydrogen-bond donors (Lipinski definition) is 1. The van der Waals surface area contributed by atoms with Crippen LogP contribution in [-0.2, 0) is 0 Å². The van der Waals surface area contributed by atoms with E-state index in [2.05, 4.69) is 19.9 Å². The van der Waals surface area contributed by atoms with Gasteiger partial charge in [0.25, 0.3) is 0 Å². The smallest absolute Gasteiger partial charge is 0.201 e. The highest BCUT2D eigenvalue weighted by Gasteiger charge is 2.10. The average molecular weight is 243 g/mol. The van der Waals surface area contributed by atoms with Crippen LogP contribution in [0.5, 0.6) is 0 Å². The molecule has 0 aromatic carbocycles. The Kier molecular flexibility index (Phi) is 2.22. The third-order valence-corrected chi connectivity index (χ3v) is 3.26. The van der Waals surface area contributed by atoms with Gasteiger partial charge in [0.15, 0.2) is 5.82 Å². The summed E-state index contributed by atoms with van der Waals surface area (Å²) in [5, 5.41) is 0.896. The van der Waals surface area contributed by atoms with Crippen LogP contribution in [0.1, 0.15) is 4.88 Å². The van der Waals surface area contributed by atoms with Gasteiger partial charge >= 0.3 is 0 Å². The van der Waals surface area contributed by atoms with Crippen molar-refractivity contribution in [1.29, 1.82) is 0 Å². The summed E-state index contributed by atoms with van der Waals surface area (Å²) in [6.45, 7) is 2.02. The molecule has 0 fully saturated rings. The van der Waals surface area contributed by atoms with E-state index < -0.39 is 0 Å². The Bertz CT molecular complexity index is 677. The van der Waals surface area contributed by atoms with E-state index in [9.17, 15) is 0 Å². The van der Waals surface area contributed by atoms with Crippen LogP contribution in [0.15, 0.2) is 24.5 Å². The lowest BCUT2D eigenvalue weighted by molar-refractivity contribution is 1.10. The molecule has 0 aliphatic carbocycles. The first-order chi connectivity index (χ1) is 8.24. The number of thiophene rings is 1. The van der Waals surface area contributed by atoms with Crippen molar-refractivity contribution in [3.63, 3.8) is 0 Å². The molecule has 17 heavy (non-hydrogen) atoms. The summed E-state index contributed by atoms with van der Waals surface area (Å²) in [6, 6.07) is 3.74. The van der Waals surface area contributed by atoms with Gasteiger partial charge in [-0.25, -0.2) is 19.9 Å². The predicted molar refractivity (Wildman–Crippen MR) is 67.6 cm³/mol. The standard InChI is InChI=1S/C11H9N5S/c1-6-5-7-8(12)15-10(16-11(7)17-6)9-13-3-2-4-14-9/h2-5H,1H3,(H2,12,15,16). The first-order valence-corrected chi connectivity index (χ1v) is 5.87. The van der Waals surface area contributed by atoms with Gasteiger partial charge in [0.2, 0.25) is 5.82 Å². The molecular formula is C11H9N5S. The van der Waals surface area contributed by atoms with Crippen LogP contribution in [-0.4, -0.2) is 19.9 Å². The lowest BCUT2D eigenvalue weighted by Gasteiger charge is -2.00. The van der Waals surface area contributed by atoms with Crippen molar-refractivity contribution < 1.29 is 0 Å². The molecule has 0 saturated heterocycles. The van der Waals surface area contributed by atoms with Crippen molar-refractivity contribution in [2.45, 2.75) is 6.92 Å². The van der Waals surface area contributed by atoms with Crippen LogP contribution in [0.25, 0.3) is 21.9 Å². The van der Waals surface area contributed by atoms with Gasteiger partial charge in [-0.2, -0.15) is 0 Å². The van der Waals surface area contributed by atoms with E-state index in [0.717, 1.165) is 15.1 Å². The van der Waals surface area contributed by atoms with E-state index in [1.165, 1.54) is 0 Å². The maximum Gasteiger partial charge on any atom is 0.201 e. The summed E-state index contributed by atoms with van der Waals surface area (Å²) in [5.41, 5.74) is 5.91. The normalized spacial score (nSPS) is 10.9. The molecule has 0 radical (unpaired) electrons. The number of nitrogens with zero attached hydrogens (tertiary/aromatic N) is 4. The summed E-state index contributed by atoms with van der Waals surface area (Å²) in [7, 11) is 0. The lowest BCUT2D eigenvalue weighted by Crippen LogP contribution is -1.98. The Labute approximate surface area is 101 Å². The van der Waals surface area contributed by atoms with Crippen molar-refractivity contribution in [2.75, 3.05) is 5.73 Å². The summed E-state index contributed by atoms with van der Waals surface area (Å²) >= 11 is 1.59. The molecule has 0 saturated carbocycles. The van der Waals surface area contributed by atoms with Crippen LogP contribution in [0.3, 0.4) is 0 Å². The van der Waals surface area contributed by atoms with E-state index in [0.29, 0.717) is 17.5 Å². The predicted octanol–water partition coefficient (Wildman–Crippen LogP) is 2.04. The second-order valence-corrected chi connectivity index (χ2v) is 4.82. The molecular weight excluding hydrogens is 234 g/mol. The second-order valence-electron chi connectivity index (χ2n) is 3.58. The molecule has 0 amide bonds. The third kappa shape index (κ3) is 1.72. The zero-order chi connectivity index (χ0) is 11.8. The maximum absolute atomic E-state index is 5.91. The Morgan fingerprint density at radius 1 is 1.12 bits per heavy atom. The SMILES string of the molecule is Cc1cc2c(N)nc(-c3ncccn3)nc2s1. The number of nitrogen functional groups attached to an aromatic ring is 1. The fourth-order valence-electron chi connectivity index (χ4n) is 1.58. The van der Waals surface area contributed by atoms with E-state index >= 15 is 0 Å². The van der Waals surface area contributed by atoms with Gasteiger partial charge in [0.1, 0.15) is 10.6 Å². The third-order valence-electron chi connectivity index (χ3n) is 2.31. The van der Waals surface area contributed by atoms with Gasteiger partial charge < -0.3 is 5.73 Å². The summed E-state index contributed by atoms with van der Waals surface area (Å²) in [4.78, 5) is 18.9. The quantitative estimate of drug-likeness (QED) is 0.707. The Morgan fingerprint density at radius 2 is 1.88 bits per heavy atom. The fraction of sp³-hybridized carbons (Fsp3) is 0.0909. The summed E-state index contributed by atoms with van der Waals surface area (Å²) < 4.78 is 0. The first-order valence-electron chi connectivity index (χ1n) is 5.05. The Hall–Kier alpha value is -2.08. The molecule has 6 heteroatoms. The molecule has 3 heterocycles. The number of aromatic nitrogens is 4. The number of nitrogens with two attached hydrogens (primary N) is 1. The maximum atomic E-state index is 5.91. The molecule has 3 rings (SSSR count). The monoisotopic (exact) mass is 243 g/mol. The van der Waals surface area contributed by atoms with E-state index in [-0.39, 0.29) is 0 Å². The molecule has 0 spiro atoms. The summed E-state index contributed by atoms with van der Waals surface area (Å²) in [5.74, 6) is 1.44. The van der Waals surface area contributed by atoms with E-state index in [1.807, 2.05) is 13.0 Å². The molecule has 0 atom stereocenters. The van der Waals surface area contributed by atoms with Crippen LogP contribution < -0.4 is 5.73 Å². The summed E-state index contributed by atoms with van der Waals surface area (Å²) in [6.07, 6.45) is 3.32. The van der Waals surface area contributed by atoms with Crippen molar-refractivity contribution in [3.8, 4) is 11.6 Å². The van der Waals surface area contributed by atoms with Gasteiger partial charge in [-0.05, 0) is 19.1 Å². The molecule has 3 aromatic rings.